The Balaban J connectivity index is 1.51. The third-order valence-corrected chi connectivity index (χ3v) is 3.80. The molecule has 1 aromatic heterocycles. The van der Waals surface area contributed by atoms with Crippen molar-refractivity contribution in [3.05, 3.63) is 18.2 Å². The standard InChI is InChI=1S/C13H19N5O2/c19-12(9-18-6-1-4-15-13(18)20)16-10-2-3-11-14-5-7-17(11)8-10/h5,7,10H,1-4,6,8-9H2,(H,15,20)(H,16,19)/t10-/m0/s1. The van der Waals surface area contributed by atoms with Crippen LogP contribution < -0.4 is 10.6 Å². The van der Waals surface area contributed by atoms with Crippen LogP contribution in [0.4, 0.5) is 4.79 Å². The lowest BCUT2D eigenvalue weighted by Crippen LogP contribution is -2.52. The molecular weight excluding hydrogens is 258 g/mol. The quantitative estimate of drug-likeness (QED) is 0.798. The Morgan fingerprint density at radius 1 is 1.55 bits per heavy atom. The fourth-order valence-electron chi connectivity index (χ4n) is 2.76. The van der Waals surface area contributed by atoms with Crippen molar-refractivity contribution in [2.45, 2.75) is 31.8 Å². The molecule has 1 saturated heterocycles. The molecule has 0 aliphatic carbocycles. The third-order valence-electron chi connectivity index (χ3n) is 3.80. The zero-order valence-electron chi connectivity index (χ0n) is 11.3. The number of amides is 3. The molecule has 1 atom stereocenters. The first-order valence-corrected chi connectivity index (χ1v) is 7.04. The Morgan fingerprint density at radius 2 is 2.45 bits per heavy atom. The largest absolute Gasteiger partial charge is 0.350 e. The molecule has 2 aliphatic heterocycles. The van der Waals surface area contributed by atoms with Gasteiger partial charge in [0.2, 0.25) is 5.91 Å². The minimum Gasteiger partial charge on any atom is -0.350 e. The average molecular weight is 277 g/mol. The van der Waals surface area contributed by atoms with E-state index >= 15 is 0 Å². The minimum atomic E-state index is -0.146. The van der Waals surface area contributed by atoms with Crippen LogP contribution in [0, 0.1) is 0 Å². The maximum Gasteiger partial charge on any atom is 0.317 e. The highest BCUT2D eigenvalue weighted by Gasteiger charge is 2.23. The van der Waals surface area contributed by atoms with Crippen LogP contribution in [-0.2, 0) is 17.8 Å². The summed E-state index contributed by atoms with van der Waals surface area (Å²) < 4.78 is 2.07. The molecule has 7 heteroatoms. The SMILES string of the molecule is O=C(CN1CCCNC1=O)N[C@H]1CCc2nccn2C1. The fraction of sp³-hybridized carbons (Fsp3) is 0.615. The van der Waals surface area contributed by atoms with Crippen molar-refractivity contribution in [3.8, 4) is 0 Å². The molecule has 0 radical (unpaired) electrons. The summed E-state index contributed by atoms with van der Waals surface area (Å²) in [6.07, 6.45) is 6.39. The molecular formula is C13H19N5O2. The summed E-state index contributed by atoms with van der Waals surface area (Å²) in [5.41, 5.74) is 0. The molecule has 1 aromatic rings. The van der Waals surface area contributed by atoms with Gasteiger partial charge in [0, 0.05) is 44.5 Å². The van der Waals surface area contributed by atoms with E-state index in [-0.39, 0.29) is 24.5 Å². The topological polar surface area (TPSA) is 79.3 Å². The Bertz CT molecular complexity index is 513. The van der Waals surface area contributed by atoms with E-state index in [1.54, 1.807) is 11.1 Å². The molecule has 0 spiro atoms. The van der Waals surface area contributed by atoms with Gasteiger partial charge in [0.25, 0.3) is 0 Å². The first-order valence-electron chi connectivity index (χ1n) is 7.04. The summed E-state index contributed by atoms with van der Waals surface area (Å²) in [6.45, 7) is 2.24. The van der Waals surface area contributed by atoms with Gasteiger partial charge in [-0.05, 0) is 12.8 Å². The molecule has 0 bridgehead atoms. The normalized spacial score (nSPS) is 22.1. The summed E-state index contributed by atoms with van der Waals surface area (Å²) in [4.78, 5) is 29.4. The molecule has 2 aliphatic rings. The highest BCUT2D eigenvalue weighted by molar-refractivity contribution is 5.84. The molecule has 0 saturated carbocycles. The second-order valence-electron chi connectivity index (χ2n) is 5.31. The van der Waals surface area contributed by atoms with Gasteiger partial charge in [0.15, 0.2) is 0 Å². The van der Waals surface area contributed by atoms with E-state index in [1.165, 1.54) is 0 Å². The lowest BCUT2D eigenvalue weighted by molar-refractivity contribution is -0.122. The Labute approximate surface area is 117 Å². The van der Waals surface area contributed by atoms with E-state index in [9.17, 15) is 9.59 Å². The zero-order chi connectivity index (χ0) is 13.9. The predicted octanol–water partition coefficient (Wildman–Crippen LogP) is -0.271. The molecule has 1 fully saturated rings. The average Bonchev–Trinajstić information content (AvgIpc) is 2.89. The number of fused-ring (bicyclic) bond motifs is 1. The van der Waals surface area contributed by atoms with Gasteiger partial charge in [-0.1, -0.05) is 0 Å². The molecule has 3 rings (SSSR count). The summed E-state index contributed by atoms with van der Waals surface area (Å²) >= 11 is 0. The van der Waals surface area contributed by atoms with Gasteiger partial charge in [-0.25, -0.2) is 9.78 Å². The van der Waals surface area contributed by atoms with Crippen LogP contribution in [0.5, 0.6) is 0 Å². The monoisotopic (exact) mass is 277 g/mol. The second-order valence-corrected chi connectivity index (χ2v) is 5.31. The highest BCUT2D eigenvalue weighted by atomic mass is 16.2. The number of hydrogen-bond acceptors (Lipinski definition) is 3. The minimum absolute atomic E-state index is 0.0874. The number of urea groups is 1. The molecule has 0 unspecified atom stereocenters. The first kappa shape index (κ1) is 13.0. The number of hydrogen-bond donors (Lipinski definition) is 2. The maximum absolute atomic E-state index is 12.0. The van der Waals surface area contributed by atoms with Crippen molar-refractivity contribution < 1.29 is 9.59 Å². The number of aryl methyl sites for hydroxylation is 1. The van der Waals surface area contributed by atoms with Gasteiger partial charge >= 0.3 is 6.03 Å². The molecule has 3 amide bonds. The van der Waals surface area contributed by atoms with Crippen molar-refractivity contribution in [1.82, 2.24) is 25.1 Å². The van der Waals surface area contributed by atoms with Crippen LogP contribution in [0.3, 0.4) is 0 Å². The third kappa shape index (κ3) is 2.76. The van der Waals surface area contributed by atoms with E-state index in [2.05, 4.69) is 20.2 Å². The zero-order valence-corrected chi connectivity index (χ0v) is 11.3. The van der Waals surface area contributed by atoms with Crippen LogP contribution in [0.15, 0.2) is 12.4 Å². The van der Waals surface area contributed by atoms with Crippen LogP contribution >= 0.6 is 0 Å². The molecule has 3 heterocycles. The Kier molecular flexibility index (Phi) is 3.58. The molecule has 7 nitrogen and oxygen atoms in total. The number of nitrogens with zero attached hydrogens (tertiary/aromatic N) is 3. The lowest BCUT2D eigenvalue weighted by Gasteiger charge is -2.29. The van der Waals surface area contributed by atoms with Crippen molar-refractivity contribution in [2.24, 2.45) is 0 Å². The number of carbonyl (C=O) groups is 2. The van der Waals surface area contributed by atoms with Gasteiger partial charge in [-0.15, -0.1) is 0 Å². The molecule has 0 aromatic carbocycles. The van der Waals surface area contributed by atoms with E-state index < -0.39 is 0 Å². The second kappa shape index (κ2) is 5.52. The van der Waals surface area contributed by atoms with Crippen molar-refractivity contribution in [3.63, 3.8) is 0 Å². The Morgan fingerprint density at radius 3 is 3.30 bits per heavy atom. The highest BCUT2D eigenvalue weighted by Crippen LogP contribution is 2.13. The van der Waals surface area contributed by atoms with Crippen LogP contribution in [-0.4, -0.2) is 52.1 Å². The van der Waals surface area contributed by atoms with Gasteiger partial charge in [0.1, 0.15) is 12.4 Å². The number of imidazole rings is 1. The van der Waals surface area contributed by atoms with E-state index in [4.69, 9.17) is 0 Å². The van der Waals surface area contributed by atoms with Crippen LogP contribution in [0.2, 0.25) is 0 Å². The maximum atomic E-state index is 12.0. The molecule has 20 heavy (non-hydrogen) atoms. The lowest BCUT2D eigenvalue weighted by atomic mass is 10.1. The number of carbonyl (C=O) groups excluding carboxylic acids is 2. The number of nitrogens with one attached hydrogen (secondary N) is 2. The van der Waals surface area contributed by atoms with Gasteiger partial charge in [-0.3, -0.25) is 4.79 Å². The summed E-state index contributed by atoms with van der Waals surface area (Å²) in [6, 6.07) is -0.0241. The fourth-order valence-corrected chi connectivity index (χ4v) is 2.76. The smallest absolute Gasteiger partial charge is 0.317 e. The summed E-state index contributed by atoms with van der Waals surface area (Å²) in [5, 5.41) is 5.75. The van der Waals surface area contributed by atoms with Gasteiger partial charge in [0.05, 0.1) is 0 Å². The van der Waals surface area contributed by atoms with Crippen LogP contribution in [0.1, 0.15) is 18.7 Å². The summed E-state index contributed by atoms with van der Waals surface area (Å²) in [5.74, 6) is 0.988. The predicted molar refractivity (Wildman–Crippen MR) is 72.1 cm³/mol. The van der Waals surface area contributed by atoms with E-state index in [0.717, 1.165) is 31.6 Å². The molecule has 2 N–H and O–H groups in total. The van der Waals surface area contributed by atoms with Crippen molar-refractivity contribution >= 4 is 11.9 Å². The Hall–Kier alpha value is -2.05. The van der Waals surface area contributed by atoms with Crippen LogP contribution in [0.25, 0.3) is 0 Å². The van der Waals surface area contributed by atoms with Gasteiger partial charge < -0.3 is 20.1 Å². The summed E-state index contributed by atoms with van der Waals surface area (Å²) in [7, 11) is 0. The number of aromatic nitrogens is 2. The van der Waals surface area contributed by atoms with E-state index in [1.807, 2.05) is 6.20 Å². The van der Waals surface area contributed by atoms with Crippen molar-refractivity contribution in [2.75, 3.05) is 19.6 Å². The first-order chi connectivity index (χ1) is 9.72. The van der Waals surface area contributed by atoms with E-state index in [0.29, 0.717) is 13.1 Å². The molecule has 108 valence electrons. The van der Waals surface area contributed by atoms with Crippen molar-refractivity contribution in [1.29, 1.82) is 0 Å². The van der Waals surface area contributed by atoms with Gasteiger partial charge in [-0.2, -0.15) is 0 Å². The number of rotatable bonds is 3.